The summed E-state index contributed by atoms with van der Waals surface area (Å²) in [5.74, 6) is -2.73. The molecule has 0 aliphatic heterocycles. The number of hydrogen-bond donors (Lipinski definition) is 1. The molecule has 0 spiro atoms. The molecule has 4 aromatic rings. The number of hydrogen-bond acceptors (Lipinski definition) is 8. The highest BCUT2D eigenvalue weighted by Gasteiger charge is 2.29. The molecule has 1 amide bonds. The van der Waals surface area contributed by atoms with Gasteiger partial charge in [0, 0.05) is 36.2 Å². The van der Waals surface area contributed by atoms with Crippen LogP contribution in [0.1, 0.15) is 33.0 Å². The lowest BCUT2D eigenvalue weighted by Crippen LogP contribution is -2.45. The zero-order valence-corrected chi connectivity index (χ0v) is 22.1. The molecule has 0 fully saturated rings. The quantitative estimate of drug-likeness (QED) is 0.111. The maximum Gasteiger partial charge on any atom is 0.329 e. The summed E-state index contributed by atoms with van der Waals surface area (Å²) in [5.41, 5.74) is 1.68. The Kier molecular flexibility index (Phi) is 9.46. The summed E-state index contributed by atoms with van der Waals surface area (Å²) in [5, 5.41) is 24.7. The fourth-order valence-corrected chi connectivity index (χ4v) is 4.31. The zero-order chi connectivity index (χ0) is 30.1. The molecule has 11 heteroatoms. The molecule has 0 aliphatic rings. The Morgan fingerprint density at radius 1 is 0.690 bits per heavy atom. The number of ether oxygens (including phenoxy) is 1. The first-order valence-electron chi connectivity index (χ1n) is 12.8. The SMILES string of the molecule is O=C(COC(=O)[C@@H](Cc1ccc([N+](=O)[O-])cc1)NC(=O)C(c1ccccc1)c1ccccc1)c1ccc([N+](=O)[O-])cc1. The van der Waals surface area contributed by atoms with Gasteiger partial charge in [-0.05, 0) is 28.8 Å². The average molecular weight is 568 g/mol. The summed E-state index contributed by atoms with van der Waals surface area (Å²) < 4.78 is 5.28. The van der Waals surface area contributed by atoms with Gasteiger partial charge >= 0.3 is 5.97 Å². The van der Waals surface area contributed by atoms with Crippen LogP contribution in [-0.4, -0.2) is 40.2 Å². The Morgan fingerprint density at radius 3 is 1.64 bits per heavy atom. The number of ketones is 1. The third kappa shape index (κ3) is 7.48. The van der Waals surface area contributed by atoms with Crippen molar-refractivity contribution in [1.82, 2.24) is 5.32 Å². The second-order valence-corrected chi connectivity index (χ2v) is 9.28. The molecular formula is C31H25N3O8. The van der Waals surface area contributed by atoms with Crippen LogP contribution in [0.25, 0.3) is 0 Å². The van der Waals surface area contributed by atoms with Gasteiger partial charge in [0.25, 0.3) is 11.4 Å². The van der Waals surface area contributed by atoms with Gasteiger partial charge in [0.1, 0.15) is 6.04 Å². The Morgan fingerprint density at radius 2 is 1.17 bits per heavy atom. The van der Waals surface area contributed by atoms with Gasteiger partial charge in [-0.25, -0.2) is 4.79 Å². The van der Waals surface area contributed by atoms with Crippen LogP contribution in [0, 0.1) is 20.2 Å². The van der Waals surface area contributed by atoms with Crippen molar-refractivity contribution in [3.8, 4) is 0 Å². The molecule has 0 unspecified atom stereocenters. The van der Waals surface area contributed by atoms with E-state index in [1.807, 2.05) is 12.1 Å². The molecule has 0 aliphatic carbocycles. The lowest BCUT2D eigenvalue weighted by molar-refractivity contribution is -0.385. The number of carbonyl (C=O) groups is 3. The molecule has 4 aromatic carbocycles. The van der Waals surface area contributed by atoms with Crippen LogP contribution >= 0.6 is 0 Å². The number of carbonyl (C=O) groups excluding carboxylic acids is 3. The monoisotopic (exact) mass is 567 g/mol. The molecule has 212 valence electrons. The van der Waals surface area contributed by atoms with E-state index in [2.05, 4.69) is 5.32 Å². The predicted molar refractivity (Wildman–Crippen MR) is 152 cm³/mol. The highest BCUT2D eigenvalue weighted by molar-refractivity contribution is 5.98. The molecule has 1 atom stereocenters. The third-order valence-corrected chi connectivity index (χ3v) is 6.46. The Hall–Kier alpha value is -5.71. The number of Topliss-reactive ketones (excluding diaryl/α,β-unsaturated/α-hetero) is 1. The Balaban J connectivity index is 1.56. The molecule has 0 saturated carbocycles. The van der Waals surface area contributed by atoms with Gasteiger partial charge in [-0.1, -0.05) is 72.8 Å². The van der Waals surface area contributed by atoms with Crippen molar-refractivity contribution < 1.29 is 29.0 Å². The van der Waals surface area contributed by atoms with Crippen molar-refractivity contribution in [3.05, 3.63) is 152 Å². The molecule has 0 aromatic heterocycles. The van der Waals surface area contributed by atoms with Crippen molar-refractivity contribution in [2.24, 2.45) is 0 Å². The summed E-state index contributed by atoms with van der Waals surface area (Å²) in [6.07, 6.45) is -0.0649. The van der Waals surface area contributed by atoms with Crippen molar-refractivity contribution in [1.29, 1.82) is 0 Å². The van der Waals surface area contributed by atoms with Gasteiger partial charge in [0.05, 0.1) is 15.8 Å². The predicted octanol–water partition coefficient (Wildman–Crippen LogP) is 4.79. The second kappa shape index (κ2) is 13.6. The highest BCUT2D eigenvalue weighted by atomic mass is 16.6. The van der Waals surface area contributed by atoms with E-state index >= 15 is 0 Å². The zero-order valence-electron chi connectivity index (χ0n) is 22.1. The first-order chi connectivity index (χ1) is 20.2. The number of nitrogens with one attached hydrogen (secondary N) is 1. The van der Waals surface area contributed by atoms with E-state index in [1.165, 1.54) is 48.5 Å². The number of nitrogens with zero attached hydrogens (tertiary/aromatic N) is 2. The molecule has 4 rings (SSSR count). The number of non-ortho nitro benzene ring substituents is 2. The molecule has 42 heavy (non-hydrogen) atoms. The molecule has 11 nitrogen and oxygen atoms in total. The number of nitro groups is 2. The summed E-state index contributed by atoms with van der Waals surface area (Å²) >= 11 is 0. The summed E-state index contributed by atoms with van der Waals surface area (Å²) in [4.78, 5) is 60.4. The molecule has 0 bridgehead atoms. The summed E-state index contributed by atoms with van der Waals surface area (Å²) in [6, 6.07) is 27.1. The van der Waals surface area contributed by atoms with E-state index in [4.69, 9.17) is 4.74 Å². The lowest BCUT2D eigenvalue weighted by atomic mass is 9.90. The number of benzene rings is 4. The van der Waals surface area contributed by atoms with E-state index in [0.29, 0.717) is 16.7 Å². The number of esters is 1. The normalized spacial score (nSPS) is 11.4. The van der Waals surface area contributed by atoms with Crippen LogP contribution < -0.4 is 5.32 Å². The van der Waals surface area contributed by atoms with E-state index in [1.54, 1.807) is 48.5 Å². The standard InChI is InChI=1S/C31H25N3O8/c35-28(22-13-17-26(18-14-22)34(40)41)20-42-31(37)27(19-21-11-15-25(16-12-21)33(38)39)32-30(36)29(23-7-3-1-4-8-23)24-9-5-2-6-10-24/h1-18,27,29H,19-20H2,(H,32,36)/t27-/m1/s1. The van der Waals surface area contributed by atoms with E-state index < -0.39 is 46.1 Å². The smallest absolute Gasteiger partial charge is 0.329 e. The van der Waals surface area contributed by atoms with Crippen LogP contribution in [0.3, 0.4) is 0 Å². The van der Waals surface area contributed by atoms with Crippen LogP contribution in [0.5, 0.6) is 0 Å². The molecule has 1 N–H and O–H groups in total. The maximum atomic E-state index is 13.7. The van der Waals surface area contributed by atoms with Crippen LogP contribution in [-0.2, 0) is 20.7 Å². The topological polar surface area (TPSA) is 159 Å². The van der Waals surface area contributed by atoms with Crippen molar-refractivity contribution in [2.45, 2.75) is 18.4 Å². The minimum absolute atomic E-state index is 0.0649. The van der Waals surface area contributed by atoms with Crippen LogP contribution in [0.4, 0.5) is 11.4 Å². The Bertz CT molecular complexity index is 1540. The minimum atomic E-state index is -1.24. The molecule has 0 radical (unpaired) electrons. The fraction of sp³-hybridized carbons (Fsp3) is 0.129. The first-order valence-corrected chi connectivity index (χ1v) is 12.8. The summed E-state index contributed by atoms with van der Waals surface area (Å²) in [7, 11) is 0. The fourth-order valence-electron chi connectivity index (χ4n) is 4.31. The van der Waals surface area contributed by atoms with E-state index in [-0.39, 0.29) is 23.4 Å². The van der Waals surface area contributed by atoms with Gasteiger partial charge in [0.15, 0.2) is 12.4 Å². The van der Waals surface area contributed by atoms with Crippen LogP contribution in [0.2, 0.25) is 0 Å². The van der Waals surface area contributed by atoms with Gasteiger partial charge < -0.3 is 10.1 Å². The van der Waals surface area contributed by atoms with Gasteiger partial charge in [0.2, 0.25) is 5.91 Å². The van der Waals surface area contributed by atoms with Crippen molar-refractivity contribution in [3.63, 3.8) is 0 Å². The van der Waals surface area contributed by atoms with Gasteiger partial charge in [-0.3, -0.25) is 29.8 Å². The average Bonchev–Trinajstić information content (AvgIpc) is 3.01. The number of amides is 1. The van der Waals surface area contributed by atoms with Gasteiger partial charge in [-0.2, -0.15) is 0 Å². The number of rotatable bonds is 12. The molecule has 0 saturated heterocycles. The first kappa shape index (κ1) is 29.3. The van der Waals surface area contributed by atoms with E-state index in [9.17, 15) is 34.6 Å². The van der Waals surface area contributed by atoms with E-state index in [0.717, 1.165) is 0 Å². The maximum absolute atomic E-state index is 13.7. The highest BCUT2D eigenvalue weighted by Crippen LogP contribution is 2.25. The van der Waals surface area contributed by atoms with Crippen molar-refractivity contribution >= 4 is 29.0 Å². The molecular weight excluding hydrogens is 542 g/mol. The number of nitro benzene ring substituents is 2. The summed E-state index contributed by atoms with van der Waals surface area (Å²) in [6.45, 7) is -0.663. The second-order valence-electron chi connectivity index (χ2n) is 9.28. The largest absolute Gasteiger partial charge is 0.456 e. The Labute approximate surface area is 240 Å². The van der Waals surface area contributed by atoms with Crippen molar-refractivity contribution in [2.75, 3.05) is 6.61 Å². The molecule has 0 heterocycles. The lowest BCUT2D eigenvalue weighted by Gasteiger charge is -2.23. The van der Waals surface area contributed by atoms with Gasteiger partial charge in [-0.15, -0.1) is 0 Å². The van der Waals surface area contributed by atoms with Crippen LogP contribution in [0.15, 0.2) is 109 Å². The minimum Gasteiger partial charge on any atom is -0.456 e. The third-order valence-electron chi connectivity index (χ3n) is 6.46.